The average molecular weight is 336 g/mol. The lowest BCUT2D eigenvalue weighted by Crippen LogP contribution is -2.32. The van der Waals surface area contributed by atoms with E-state index in [2.05, 4.69) is 20.5 Å². The molecule has 3 rings (SSSR count). The van der Waals surface area contributed by atoms with Gasteiger partial charge < -0.3 is 10.4 Å². The molecule has 0 amide bonds. The van der Waals surface area contributed by atoms with Crippen LogP contribution in [0.2, 0.25) is 0 Å². The van der Waals surface area contributed by atoms with Crippen molar-refractivity contribution in [1.29, 1.82) is 0 Å². The minimum atomic E-state index is -1.23. The van der Waals surface area contributed by atoms with Crippen molar-refractivity contribution in [3.8, 4) is 0 Å². The van der Waals surface area contributed by atoms with Gasteiger partial charge in [-0.25, -0.2) is 13.6 Å². The third-order valence-corrected chi connectivity index (χ3v) is 3.99. The van der Waals surface area contributed by atoms with E-state index in [1.165, 1.54) is 22.9 Å². The van der Waals surface area contributed by atoms with Crippen LogP contribution in [0.5, 0.6) is 0 Å². The Hall–Kier alpha value is -2.68. The summed E-state index contributed by atoms with van der Waals surface area (Å²) in [5.74, 6) is -2.54. The Morgan fingerprint density at radius 2 is 2.17 bits per heavy atom. The maximum Gasteiger partial charge on any atom is 0.335 e. The second-order valence-electron chi connectivity index (χ2n) is 4.76. The molecule has 1 aliphatic rings. The monoisotopic (exact) mass is 336 g/mol. The van der Waals surface area contributed by atoms with Gasteiger partial charge in [0.25, 0.3) is 0 Å². The van der Waals surface area contributed by atoms with E-state index in [4.69, 9.17) is 0 Å². The Labute approximate surface area is 133 Å². The van der Waals surface area contributed by atoms with Crippen LogP contribution in [0.25, 0.3) is 0 Å². The van der Waals surface area contributed by atoms with Crippen LogP contribution in [-0.4, -0.2) is 27.1 Å². The summed E-state index contributed by atoms with van der Waals surface area (Å²) in [6.45, 7) is 1.55. The van der Waals surface area contributed by atoms with E-state index in [1.54, 1.807) is 6.92 Å². The average Bonchev–Trinajstić information content (AvgIpc) is 3.00. The molecule has 1 aromatic heterocycles. The molecular weight excluding hydrogens is 326 g/mol. The number of nitrogens with zero attached hydrogens (tertiary/aromatic N) is 3. The zero-order valence-corrected chi connectivity index (χ0v) is 12.6. The van der Waals surface area contributed by atoms with Crippen molar-refractivity contribution in [2.75, 3.05) is 0 Å². The second-order valence-corrected chi connectivity index (χ2v) is 5.59. The van der Waals surface area contributed by atoms with Crippen LogP contribution in [0.3, 0.4) is 0 Å². The number of hydrogen-bond acceptors (Lipinski definition) is 6. The first-order valence-corrected chi connectivity index (χ1v) is 7.35. The molecule has 2 N–H and O–H groups in total. The van der Waals surface area contributed by atoms with Crippen LogP contribution in [0.1, 0.15) is 23.5 Å². The molecule has 6 nitrogen and oxygen atoms in total. The SMILES string of the molecule is CC1=C(C(=O)O)C(c2ccc(F)cc2F)N=C(c2nncs2)N1. The molecule has 0 saturated heterocycles. The number of hydrogen-bond donors (Lipinski definition) is 2. The van der Waals surface area contributed by atoms with Gasteiger partial charge in [-0.2, -0.15) is 0 Å². The normalized spacial score (nSPS) is 17.7. The van der Waals surface area contributed by atoms with E-state index in [0.29, 0.717) is 22.6 Å². The Morgan fingerprint density at radius 1 is 1.39 bits per heavy atom. The van der Waals surface area contributed by atoms with Gasteiger partial charge in [0.05, 0.1) is 5.57 Å². The fraction of sp³-hybridized carbons (Fsp3) is 0.143. The van der Waals surface area contributed by atoms with Crippen molar-refractivity contribution in [2.45, 2.75) is 13.0 Å². The molecule has 1 aromatic carbocycles. The Bertz CT molecular complexity index is 833. The summed E-state index contributed by atoms with van der Waals surface area (Å²) in [5.41, 5.74) is 1.68. The summed E-state index contributed by atoms with van der Waals surface area (Å²) in [5, 5.41) is 20.3. The topological polar surface area (TPSA) is 87.5 Å². The van der Waals surface area contributed by atoms with E-state index >= 15 is 0 Å². The Morgan fingerprint density at radius 3 is 2.78 bits per heavy atom. The fourth-order valence-corrected chi connectivity index (χ4v) is 2.79. The van der Waals surface area contributed by atoms with Crippen molar-refractivity contribution in [3.05, 3.63) is 57.2 Å². The minimum Gasteiger partial charge on any atom is -0.478 e. The molecule has 1 unspecified atom stereocenters. The highest BCUT2D eigenvalue weighted by atomic mass is 32.1. The summed E-state index contributed by atoms with van der Waals surface area (Å²) in [7, 11) is 0. The van der Waals surface area contributed by atoms with Crippen molar-refractivity contribution < 1.29 is 18.7 Å². The number of carbonyl (C=O) groups is 1. The lowest BCUT2D eigenvalue weighted by molar-refractivity contribution is -0.133. The molecule has 1 aliphatic heterocycles. The van der Waals surface area contributed by atoms with Crippen molar-refractivity contribution in [3.63, 3.8) is 0 Å². The van der Waals surface area contributed by atoms with Crippen LogP contribution < -0.4 is 5.32 Å². The number of rotatable bonds is 3. The van der Waals surface area contributed by atoms with E-state index in [0.717, 1.165) is 6.07 Å². The minimum absolute atomic E-state index is 0.0216. The molecule has 2 heterocycles. The molecule has 0 radical (unpaired) electrons. The third-order valence-electron chi connectivity index (χ3n) is 3.29. The molecule has 9 heteroatoms. The smallest absolute Gasteiger partial charge is 0.335 e. The predicted octanol–water partition coefficient (Wildman–Crippen LogP) is 2.27. The number of halogens is 2. The quantitative estimate of drug-likeness (QED) is 0.898. The van der Waals surface area contributed by atoms with Gasteiger partial charge in [-0.15, -0.1) is 10.2 Å². The van der Waals surface area contributed by atoms with E-state index < -0.39 is 23.6 Å². The molecule has 2 aromatic rings. The highest BCUT2D eigenvalue weighted by molar-refractivity contribution is 7.11. The molecule has 118 valence electrons. The number of nitrogens with one attached hydrogen (secondary N) is 1. The van der Waals surface area contributed by atoms with Gasteiger partial charge in [0, 0.05) is 17.3 Å². The molecule has 0 saturated carbocycles. The number of allylic oxidation sites excluding steroid dienone is 1. The molecular formula is C14H10F2N4O2S. The predicted molar refractivity (Wildman–Crippen MR) is 79.0 cm³/mol. The lowest BCUT2D eigenvalue weighted by atomic mass is 9.95. The molecule has 0 spiro atoms. The highest BCUT2D eigenvalue weighted by Gasteiger charge is 2.31. The number of carboxylic acid groups (broad SMARTS) is 1. The van der Waals surface area contributed by atoms with Gasteiger partial charge >= 0.3 is 5.97 Å². The van der Waals surface area contributed by atoms with Gasteiger partial charge in [0.2, 0.25) is 0 Å². The fourth-order valence-electron chi connectivity index (χ4n) is 2.29. The summed E-state index contributed by atoms with van der Waals surface area (Å²) < 4.78 is 27.2. The number of aliphatic imine (C=N–C) groups is 1. The Kier molecular flexibility index (Phi) is 3.87. The number of aliphatic carboxylic acids is 1. The highest BCUT2D eigenvalue weighted by Crippen LogP contribution is 2.33. The molecule has 0 aliphatic carbocycles. The second kappa shape index (κ2) is 5.84. The zero-order valence-electron chi connectivity index (χ0n) is 11.7. The lowest BCUT2D eigenvalue weighted by Gasteiger charge is -2.24. The largest absolute Gasteiger partial charge is 0.478 e. The number of carboxylic acids is 1. The van der Waals surface area contributed by atoms with Gasteiger partial charge in [0.1, 0.15) is 23.2 Å². The zero-order chi connectivity index (χ0) is 16.6. The molecule has 1 atom stereocenters. The summed E-state index contributed by atoms with van der Waals surface area (Å²) in [6, 6.07) is 1.85. The summed E-state index contributed by atoms with van der Waals surface area (Å²) in [4.78, 5) is 15.8. The van der Waals surface area contributed by atoms with Gasteiger partial charge in [-0.1, -0.05) is 17.4 Å². The standard InChI is InChI=1S/C14H10F2N4O2S/c1-6-10(14(21)22)11(8-3-2-7(15)4-9(8)16)19-12(18-6)13-20-17-5-23-13/h2-5,11H,1H3,(H,18,19)(H,21,22). The van der Waals surface area contributed by atoms with Gasteiger partial charge in [0.15, 0.2) is 10.8 Å². The number of aromatic nitrogens is 2. The van der Waals surface area contributed by atoms with Crippen LogP contribution in [0.15, 0.2) is 40.0 Å². The third kappa shape index (κ3) is 2.82. The van der Waals surface area contributed by atoms with Crippen LogP contribution in [0, 0.1) is 11.6 Å². The van der Waals surface area contributed by atoms with Gasteiger partial charge in [-0.05, 0) is 13.0 Å². The molecule has 0 bridgehead atoms. The van der Waals surface area contributed by atoms with Crippen molar-refractivity contribution in [2.24, 2.45) is 4.99 Å². The van der Waals surface area contributed by atoms with Crippen molar-refractivity contribution >= 4 is 23.1 Å². The van der Waals surface area contributed by atoms with Crippen LogP contribution in [-0.2, 0) is 4.79 Å². The first-order valence-electron chi connectivity index (χ1n) is 6.47. The first-order chi connectivity index (χ1) is 11.0. The molecule has 0 fully saturated rings. The number of benzene rings is 1. The molecule has 23 heavy (non-hydrogen) atoms. The van der Waals surface area contributed by atoms with Crippen molar-refractivity contribution in [1.82, 2.24) is 15.5 Å². The first kappa shape index (κ1) is 15.2. The maximum atomic E-state index is 14.1. The Balaban J connectivity index is 2.14. The van der Waals surface area contributed by atoms with E-state index in [1.807, 2.05) is 0 Å². The summed E-state index contributed by atoms with van der Waals surface area (Å²) >= 11 is 1.21. The van der Waals surface area contributed by atoms with Gasteiger partial charge in [-0.3, -0.25) is 4.99 Å². The van der Waals surface area contributed by atoms with E-state index in [-0.39, 0.29) is 11.1 Å². The van der Waals surface area contributed by atoms with E-state index in [9.17, 15) is 18.7 Å². The number of amidine groups is 1. The van der Waals surface area contributed by atoms with Crippen LogP contribution >= 0.6 is 11.3 Å². The maximum absolute atomic E-state index is 14.1. The van der Waals surface area contributed by atoms with Crippen LogP contribution in [0.4, 0.5) is 8.78 Å². The summed E-state index contributed by atoms with van der Waals surface area (Å²) in [6.07, 6.45) is 0.